The Morgan fingerprint density at radius 1 is 1.75 bits per heavy atom. The number of aromatic amines is 1. The zero-order valence-corrected chi connectivity index (χ0v) is 6.70. The summed E-state index contributed by atoms with van der Waals surface area (Å²) in [6, 6.07) is 1.02. The molecule has 0 amide bonds. The van der Waals surface area contributed by atoms with E-state index in [0.717, 1.165) is 6.07 Å². The Labute approximate surface area is 69.0 Å². The highest BCUT2D eigenvalue weighted by atomic mass is 16.5. The molecule has 0 fully saturated rings. The first-order valence-electron chi connectivity index (χ1n) is 3.50. The molecule has 1 rings (SSSR count). The first kappa shape index (κ1) is 8.73. The van der Waals surface area contributed by atoms with Crippen LogP contribution >= 0.6 is 0 Å². The third-order valence-corrected chi connectivity index (χ3v) is 1.32. The van der Waals surface area contributed by atoms with Crippen molar-refractivity contribution in [2.45, 2.75) is 6.42 Å². The summed E-state index contributed by atoms with van der Waals surface area (Å²) in [6.07, 6.45) is 0.486. The van der Waals surface area contributed by atoms with Gasteiger partial charge in [-0.3, -0.25) is 4.79 Å². The summed E-state index contributed by atoms with van der Waals surface area (Å²) in [4.78, 5) is 16.9. The van der Waals surface area contributed by atoms with Crippen LogP contribution in [0.15, 0.2) is 10.9 Å². The highest BCUT2D eigenvalue weighted by Crippen LogP contribution is 1.98. The van der Waals surface area contributed by atoms with Gasteiger partial charge in [0.2, 0.25) is 5.88 Å². The Kier molecular flexibility index (Phi) is 2.82. The monoisotopic (exact) mass is 170 g/mol. The number of rotatable bonds is 3. The molecule has 0 saturated carbocycles. The van der Waals surface area contributed by atoms with E-state index in [2.05, 4.69) is 9.97 Å². The Morgan fingerprint density at radius 3 is 3.08 bits per heavy atom. The molecule has 0 saturated heterocycles. The Hall–Kier alpha value is -1.36. The molecule has 1 aromatic heterocycles. The fraction of sp³-hybridized carbons (Fsp3) is 0.429. The van der Waals surface area contributed by atoms with Crippen molar-refractivity contribution in [2.75, 3.05) is 13.7 Å². The van der Waals surface area contributed by atoms with Crippen LogP contribution in [0.1, 0.15) is 5.82 Å². The van der Waals surface area contributed by atoms with Crippen LogP contribution in [0.2, 0.25) is 0 Å². The molecular weight excluding hydrogens is 160 g/mol. The van der Waals surface area contributed by atoms with Gasteiger partial charge in [-0.1, -0.05) is 0 Å². The molecule has 0 aromatic carbocycles. The van der Waals surface area contributed by atoms with Gasteiger partial charge in [0.25, 0.3) is 5.56 Å². The Morgan fingerprint density at radius 2 is 2.50 bits per heavy atom. The van der Waals surface area contributed by atoms with Gasteiger partial charge < -0.3 is 14.8 Å². The van der Waals surface area contributed by atoms with Crippen LogP contribution in [0, 0.1) is 0 Å². The zero-order valence-electron chi connectivity index (χ0n) is 6.70. The van der Waals surface area contributed by atoms with Crippen LogP contribution < -0.4 is 5.56 Å². The van der Waals surface area contributed by atoms with Gasteiger partial charge >= 0.3 is 0 Å². The van der Waals surface area contributed by atoms with Crippen molar-refractivity contribution < 1.29 is 9.84 Å². The first-order valence-corrected chi connectivity index (χ1v) is 3.50. The van der Waals surface area contributed by atoms with Crippen molar-refractivity contribution >= 4 is 0 Å². The molecule has 5 nitrogen and oxygen atoms in total. The summed E-state index contributed by atoms with van der Waals surface area (Å²) < 4.78 is 4.78. The molecule has 0 aliphatic carbocycles. The van der Waals surface area contributed by atoms with Crippen molar-refractivity contribution in [3.63, 3.8) is 0 Å². The van der Waals surface area contributed by atoms with Crippen LogP contribution in [-0.2, 0) is 11.2 Å². The standard InChI is InChI=1S/C7H10N2O3/c1-12-3-2-5-8-6(10)4-7(11)9-5/h4H,2-3H2,1H3,(H2,8,9,10,11). The Balaban J connectivity index is 2.79. The SMILES string of the molecule is COCCc1nc(O)cc(=O)[nH]1. The highest BCUT2D eigenvalue weighted by molar-refractivity contribution is 5.06. The lowest BCUT2D eigenvalue weighted by Crippen LogP contribution is -2.11. The minimum Gasteiger partial charge on any atom is -0.493 e. The fourth-order valence-corrected chi connectivity index (χ4v) is 0.811. The summed E-state index contributed by atoms with van der Waals surface area (Å²) in [7, 11) is 1.56. The zero-order chi connectivity index (χ0) is 8.97. The van der Waals surface area contributed by atoms with E-state index >= 15 is 0 Å². The molecule has 0 spiro atoms. The van der Waals surface area contributed by atoms with Crippen LogP contribution in [0.25, 0.3) is 0 Å². The number of hydrogen-bond donors (Lipinski definition) is 2. The van der Waals surface area contributed by atoms with Gasteiger partial charge in [0.1, 0.15) is 5.82 Å². The molecule has 0 atom stereocenters. The van der Waals surface area contributed by atoms with Crippen LogP contribution in [0.5, 0.6) is 5.88 Å². The predicted octanol–water partition coefficient (Wildman–Crippen LogP) is -0.336. The highest BCUT2D eigenvalue weighted by Gasteiger charge is 1.98. The maximum Gasteiger partial charge on any atom is 0.254 e. The lowest BCUT2D eigenvalue weighted by molar-refractivity contribution is 0.200. The number of aromatic nitrogens is 2. The van der Waals surface area contributed by atoms with Crippen LogP contribution in [0.3, 0.4) is 0 Å². The normalized spacial score (nSPS) is 10.1. The lowest BCUT2D eigenvalue weighted by Gasteiger charge is -1.98. The molecular formula is C7H10N2O3. The minimum absolute atomic E-state index is 0.259. The van der Waals surface area contributed by atoms with Crippen molar-refractivity contribution in [1.29, 1.82) is 0 Å². The van der Waals surface area contributed by atoms with Gasteiger partial charge in [-0.05, 0) is 0 Å². The van der Waals surface area contributed by atoms with Crippen LogP contribution in [-0.4, -0.2) is 28.8 Å². The van der Waals surface area contributed by atoms with Gasteiger partial charge in [-0.25, -0.2) is 4.98 Å². The smallest absolute Gasteiger partial charge is 0.254 e. The second-order valence-electron chi connectivity index (χ2n) is 2.29. The average molecular weight is 170 g/mol. The number of H-pyrrole nitrogens is 1. The van der Waals surface area contributed by atoms with Crippen molar-refractivity contribution in [1.82, 2.24) is 9.97 Å². The first-order chi connectivity index (χ1) is 5.72. The van der Waals surface area contributed by atoms with E-state index in [4.69, 9.17) is 9.84 Å². The molecule has 0 aliphatic rings. The van der Waals surface area contributed by atoms with Gasteiger partial charge in [0, 0.05) is 13.5 Å². The molecule has 66 valence electrons. The molecule has 5 heteroatoms. The third-order valence-electron chi connectivity index (χ3n) is 1.32. The number of nitrogens with one attached hydrogen (secondary N) is 1. The number of hydrogen-bond acceptors (Lipinski definition) is 4. The Bertz CT molecular complexity index is 308. The molecule has 0 bridgehead atoms. The summed E-state index contributed by atoms with van der Waals surface area (Å²) in [6.45, 7) is 0.465. The van der Waals surface area contributed by atoms with E-state index in [0.29, 0.717) is 18.9 Å². The maximum absolute atomic E-state index is 10.8. The van der Waals surface area contributed by atoms with E-state index in [-0.39, 0.29) is 11.4 Å². The van der Waals surface area contributed by atoms with Crippen molar-refractivity contribution in [3.8, 4) is 5.88 Å². The summed E-state index contributed by atoms with van der Waals surface area (Å²) >= 11 is 0. The molecule has 2 N–H and O–H groups in total. The molecule has 12 heavy (non-hydrogen) atoms. The summed E-state index contributed by atoms with van der Waals surface area (Å²) in [5, 5.41) is 8.92. The maximum atomic E-state index is 10.8. The number of ether oxygens (including phenoxy) is 1. The number of methoxy groups -OCH3 is 1. The van der Waals surface area contributed by atoms with Crippen molar-refractivity contribution in [2.24, 2.45) is 0 Å². The topological polar surface area (TPSA) is 75.2 Å². The molecule has 0 aliphatic heterocycles. The average Bonchev–Trinajstić information content (AvgIpc) is 1.99. The lowest BCUT2D eigenvalue weighted by atomic mass is 10.4. The van der Waals surface area contributed by atoms with E-state index in [1.165, 1.54) is 0 Å². The summed E-state index contributed by atoms with van der Waals surface area (Å²) in [5.41, 5.74) is -0.353. The van der Waals surface area contributed by atoms with Gasteiger partial charge in [0.15, 0.2) is 0 Å². The predicted molar refractivity (Wildman–Crippen MR) is 42.1 cm³/mol. The van der Waals surface area contributed by atoms with E-state index < -0.39 is 0 Å². The van der Waals surface area contributed by atoms with Crippen LogP contribution in [0.4, 0.5) is 0 Å². The molecule has 0 unspecified atom stereocenters. The fourth-order valence-electron chi connectivity index (χ4n) is 0.811. The minimum atomic E-state index is -0.353. The quantitative estimate of drug-likeness (QED) is 0.651. The van der Waals surface area contributed by atoms with Gasteiger partial charge in [-0.2, -0.15) is 0 Å². The third kappa shape index (κ3) is 2.35. The van der Waals surface area contributed by atoms with E-state index in [1.807, 2.05) is 0 Å². The number of aromatic hydroxyl groups is 1. The summed E-state index contributed by atoms with van der Waals surface area (Å²) in [5.74, 6) is 0.173. The molecule has 1 aromatic rings. The van der Waals surface area contributed by atoms with Crippen molar-refractivity contribution in [3.05, 3.63) is 22.2 Å². The molecule has 1 heterocycles. The van der Waals surface area contributed by atoms with E-state index in [9.17, 15) is 4.79 Å². The number of nitrogens with zero attached hydrogens (tertiary/aromatic N) is 1. The van der Waals surface area contributed by atoms with Gasteiger partial charge in [-0.15, -0.1) is 0 Å². The second-order valence-corrected chi connectivity index (χ2v) is 2.29. The second kappa shape index (κ2) is 3.87. The van der Waals surface area contributed by atoms with E-state index in [1.54, 1.807) is 7.11 Å². The van der Waals surface area contributed by atoms with Gasteiger partial charge in [0.05, 0.1) is 12.7 Å². The molecule has 0 radical (unpaired) electrons. The largest absolute Gasteiger partial charge is 0.493 e.